The Hall–Kier alpha value is -0.870. The number of alkyl halides is 1. The number of aromatic nitrogens is 2. The molecule has 1 atom stereocenters. The number of hydrogen-bond donors (Lipinski definition) is 1. The Bertz CT molecular complexity index is 337. The van der Waals surface area contributed by atoms with E-state index in [9.17, 15) is 9.90 Å². The Morgan fingerprint density at radius 2 is 2.38 bits per heavy atom. The van der Waals surface area contributed by atoms with Gasteiger partial charge in [-0.25, -0.2) is 4.68 Å². The zero-order valence-corrected chi connectivity index (χ0v) is 8.03. The summed E-state index contributed by atoms with van der Waals surface area (Å²) in [6.07, 6.45) is -0.728. The van der Waals surface area contributed by atoms with Crippen molar-refractivity contribution >= 4 is 11.6 Å². The maximum absolute atomic E-state index is 11.2. The molecule has 1 unspecified atom stereocenters. The fraction of sp³-hybridized carbons (Fsp3) is 0.500. The van der Waals surface area contributed by atoms with Crippen LogP contribution < -0.4 is 5.56 Å². The smallest absolute Gasteiger partial charge is 0.266 e. The van der Waals surface area contributed by atoms with Gasteiger partial charge in [0.25, 0.3) is 5.56 Å². The second-order valence-corrected chi connectivity index (χ2v) is 3.11. The Morgan fingerprint density at radius 1 is 1.69 bits per heavy atom. The quantitative estimate of drug-likeness (QED) is 0.710. The first-order chi connectivity index (χ1) is 6.13. The minimum Gasteiger partial charge on any atom is -0.390 e. The summed E-state index contributed by atoms with van der Waals surface area (Å²) in [7, 11) is 0. The molecule has 4 nitrogen and oxygen atoms in total. The van der Waals surface area contributed by atoms with Gasteiger partial charge < -0.3 is 5.11 Å². The first kappa shape index (κ1) is 10.2. The zero-order chi connectivity index (χ0) is 9.84. The van der Waals surface area contributed by atoms with E-state index in [2.05, 4.69) is 5.10 Å². The molecule has 0 aromatic carbocycles. The number of aliphatic hydroxyl groups is 1. The van der Waals surface area contributed by atoms with Crippen molar-refractivity contribution in [2.24, 2.45) is 0 Å². The van der Waals surface area contributed by atoms with Crippen molar-refractivity contribution in [3.05, 3.63) is 28.2 Å². The van der Waals surface area contributed by atoms with Crippen molar-refractivity contribution in [2.75, 3.05) is 5.88 Å². The monoisotopic (exact) mass is 202 g/mol. The number of aliphatic hydroxyl groups excluding tert-OH is 1. The van der Waals surface area contributed by atoms with E-state index in [0.29, 0.717) is 0 Å². The molecule has 5 heteroatoms. The number of hydrogen-bond acceptors (Lipinski definition) is 3. The molecular formula is C8H11ClN2O2. The minimum atomic E-state index is -0.728. The fourth-order valence-corrected chi connectivity index (χ4v) is 1.03. The first-order valence-corrected chi connectivity index (χ1v) is 4.45. The van der Waals surface area contributed by atoms with Crippen LogP contribution in [0, 0.1) is 6.92 Å². The molecule has 0 aliphatic heterocycles. The molecule has 1 aromatic heterocycles. The highest BCUT2D eigenvalue weighted by molar-refractivity contribution is 6.18. The topological polar surface area (TPSA) is 55.1 Å². The van der Waals surface area contributed by atoms with Gasteiger partial charge in [0.15, 0.2) is 0 Å². The standard InChI is InChI=1S/C8H11ClN2O2/c1-6-2-3-8(13)11(10-6)5-7(12)4-9/h2-3,7,12H,4-5H2,1H3. The van der Waals surface area contributed by atoms with Gasteiger partial charge in [0.1, 0.15) is 0 Å². The van der Waals surface area contributed by atoms with Crippen molar-refractivity contribution in [3.8, 4) is 0 Å². The lowest BCUT2D eigenvalue weighted by Crippen LogP contribution is -2.29. The molecule has 0 saturated heterocycles. The van der Waals surface area contributed by atoms with Crippen LogP contribution in [-0.2, 0) is 6.54 Å². The average molecular weight is 203 g/mol. The largest absolute Gasteiger partial charge is 0.390 e. The number of halogens is 1. The summed E-state index contributed by atoms with van der Waals surface area (Å²) in [4.78, 5) is 11.2. The summed E-state index contributed by atoms with van der Waals surface area (Å²) in [5, 5.41) is 13.1. The van der Waals surface area contributed by atoms with Gasteiger partial charge >= 0.3 is 0 Å². The van der Waals surface area contributed by atoms with Gasteiger partial charge in [0.2, 0.25) is 0 Å². The van der Waals surface area contributed by atoms with Crippen LogP contribution in [0.15, 0.2) is 16.9 Å². The molecule has 0 bridgehead atoms. The number of aryl methyl sites for hydroxylation is 1. The highest BCUT2D eigenvalue weighted by Crippen LogP contribution is 1.92. The van der Waals surface area contributed by atoms with E-state index in [-0.39, 0.29) is 18.0 Å². The second kappa shape index (κ2) is 4.39. The van der Waals surface area contributed by atoms with Crippen LogP contribution in [0.2, 0.25) is 0 Å². The summed E-state index contributed by atoms with van der Waals surface area (Å²) in [6, 6.07) is 3.05. The van der Waals surface area contributed by atoms with E-state index in [1.54, 1.807) is 13.0 Å². The fourth-order valence-electron chi connectivity index (χ4n) is 0.930. The molecule has 0 aliphatic rings. The maximum Gasteiger partial charge on any atom is 0.266 e. The van der Waals surface area contributed by atoms with Crippen LogP contribution in [0.4, 0.5) is 0 Å². The predicted octanol–water partition coefficient (Wildman–Crippen LogP) is 0.151. The minimum absolute atomic E-state index is 0.0993. The molecule has 0 spiro atoms. The lowest BCUT2D eigenvalue weighted by Gasteiger charge is -2.08. The van der Waals surface area contributed by atoms with Gasteiger partial charge in [-0.1, -0.05) is 0 Å². The van der Waals surface area contributed by atoms with Gasteiger partial charge in [-0.05, 0) is 13.0 Å². The highest BCUT2D eigenvalue weighted by Gasteiger charge is 2.05. The van der Waals surface area contributed by atoms with Crippen LogP contribution in [0.25, 0.3) is 0 Å². The van der Waals surface area contributed by atoms with Gasteiger partial charge in [-0.3, -0.25) is 4.79 Å². The third-order valence-electron chi connectivity index (χ3n) is 1.56. The second-order valence-electron chi connectivity index (χ2n) is 2.80. The van der Waals surface area contributed by atoms with Crippen molar-refractivity contribution in [1.29, 1.82) is 0 Å². The highest BCUT2D eigenvalue weighted by atomic mass is 35.5. The number of nitrogens with zero attached hydrogens (tertiary/aromatic N) is 2. The molecule has 0 fully saturated rings. The Kier molecular flexibility index (Phi) is 3.45. The van der Waals surface area contributed by atoms with E-state index in [4.69, 9.17) is 11.6 Å². The van der Waals surface area contributed by atoms with E-state index < -0.39 is 6.10 Å². The summed E-state index contributed by atoms with van der Waals surface area (Å²) in [6.45, 7) is 1.92. The zero-order valence-electron chi connectivity index (χ0n) is 7.27. The summed E-state index contributed by atoms with van der Waals surface area (Å²) < 4.78 is 1.21. The van der Waals surface area contributed by atoms with Crippen molar-refractivity contribution in [3.63, 3.8) is 0 Å². The van der Waals surface area contributed by atoms with Gasteiger partial charge in [-0.2, -0.15) is 5.10 Å². The van der Waals surface area contributed by atoms with E-state index in [0.717, 1.165) is 5.69 Å². The summed E-state index contributed by atoms with van der Waals surface area (Å²) >= 11 is 5.40. The molecule has 0 saturated carbocycles. The SMILES string of the molecule is Cc1ccc(=O)n(CC(O)CCl)n1. The summed E-state index contributed by atoms with van der Waals surface area (Å²) in [5.74, 6) is 0.0993. The van der Waals surface area contributed by atoms with Crippen molar-refractivity contribution in [2.45, 2.75) is 19.6 Å². The van der Waals surface area contributed by atoms with Gasteiger partial charge in [0, 0.05) is 6.07 Å². The normalized spacial score (nSPS) is 12.8. The van der Waals surface area contributed by atoms with Gasteiger partial charge in [-0.15, -0.1) is 11.6 Å². The number of rotatable bonds is 3. The van der Waals surface area contributed by atoms with E-state index >= 15 is 0 Å². The van der Waals surface area contributed by atoms with Crippen LogP contribution in [-0.4, -0.2) is 26.9 Å². The Labute approximate surface area is 80.8 Å². The summed E-state index contributed by atoms with van der Waals surface area (Å²) in [5.41, 5.74) is 0.510. The maximum atomic E-state index is 11.2. The molecule has 0 aliphatic carbocycles. The molecule has 1 rings (SSSR count). The van der Waals surface area contributed by atoms with Crippen molar-refractivity contribution in [1.82, 2.24) is 9.78 Å². The molecule has 0 amide bonds. The lowest BCUT2D eigenvalue weighted by atomic mass is 10.4. The average Bonchev–Trinajstić information content (AvgIpc) is 2.11. The third-order valence-corrected chi connectivity index (χ3v) is 1.92. The van der Waals surface area contributed by atoms with Crippen LogP contribution in [0.3, 0.4) is 0 Å². The van der Waals surface area contributed by atoms with Crippen LogP contribution in [0.1, 0.15) is 5.69 Å². The molecule has 13 heavy (non-hydrogen) atoms. The molecule has 0 radical (unpaired) electrons. The lowest BCUT2D eigenvalue weighted by molar-refractivity contribution is 0.169. The third kappa shape index (κ3) is 2.82. The van der Waals surface area contributed by atoms with Crippen LogP contribution in [0.5, 0.6) is 0 Å². The molecule has 72 valence electrons. The van der Waals surface area contributed by atoms with Crippen LogP contribution >= 0.6 is 11.6 Å². The molecule has 1 heterocycles. The Morgan fingerprint density at radius 3 is 3.00 bits per heavy atom. The van der Waals surface area contributed by atoms with Gasteiger partial charge in [0.05, 0.1) is 24.2 Å². The molecule has 1 N–H and O–H groups in total. The van der Waals surface area contributed by atoms with Crippen molar-refractivity contribution < 1.29 is 5.11 Å². The molecular weight excluding hydrogens is 192 g/mol. The Balaban J connectivity index is 2.87. The predicted molar refractivity (Wildman–Crippen MR) is 50.0 cm³/mol. The van der Waals surface area contributed by atoms with E-state index in [1.165, 1.54) is 10.7 Å². The first-order valence-electron chi connectivity index (χ1n) is 3.92. The van der Waals surface area contributed by atoms with E-state index in [1.807, 2.05) is 0 Å². The molecule has 1 aromatic rings.